The van der Waals surface area contributed by atoms with Gasteiger partial charge in [-0.2, -0.15) is 0 Å². The number of nitrogens with zero attached hydrogens (tertiary/aromatic N) is 2. The highest BCUT2D eigenvalue weighted by Gasteiger charge is 2.20. The molecule has 1 heterocycles. The Hall–Kier alpha value is -3.01. The number of aryl methyl sites for hydroxylation is 1. The summed E-state index contributed by atoms with van der Waals surface area (Å²) < 4.78 is 9.68. The van der Waals surface area contributed by atoms with E-state index < -0.39 is 29.1 Å². The molecule has 24 heavy (non-hydrogen) atoms. The Kier molecular flexibility index (Phi) is 5.42. The molecule has 0 aliphatic rings. The molecule has 0 unspecified atom stereocenters. The summed E-state index contributed by atoms with van der Waals surface area (Å²) in [4.78, 5) is 37.6. The molecule has 0 aliphatic carbocycles. The number of nitrogens with one attached hydrogen (secondary N) is 1. The van der Waals surface area contributed by atoms with Gasteiger partial charge in [0.05, 0.1) is 23.3 Å². The lowest BCUT2D eigenvalue weighted by Crippen LogP contribution is -2.20. The van der Waals surface area contributed by atoms with E-state index in [0.717, 1.165) is 11.8 Å². The highest BCUT2D eigenvalue weighted by Crippen LogP contribution is 2.28. The summed E-state index contributed by atoms with van der Waals surface area (Å²) in [5, 5.41) is 15.8. The van der Waals surface area contributed by atoms with Crippen LogP contribution in [0.4, 0.5) is 10.8 Å². The number of thiazole rings is 1. The van der Waals surface area contributed by atoms with Crippen molar-refractivity contribution in [3.8, 4) is 5.75 Å². The Labute approximate surface area is 140 Å². The molecule has 126 valence electrons. The second-order valence-electron chi connectivity index (χ2n) is 4.56. The third-order valence-electron chi connectivity index (χ3n) is 2.80. The number of carbonyl (C=O) groups is 2. The van der Waals surface area contributed by atoms with E-state index in [9.17, 15) is 19.7 Å². The van der Waals surface area contributed by atoms with E-state index in [1.54, 1.807) is 12.3 Å². The molecule has 0 fully saturated rings. The molecule has 2 rings (SSSR count). The van der Waals surface area contributed by atoms with Crippen molar-refractivity contribution in [2.75, 3.05) is 19.0 Å². The number of rotatable bonds is 6. The number of hydrogen-bond acceptors (Lipinski definition) is 8. The normalized spacial score (nSPS) is 10.1. The molecule has 0 spiro atoms. The van der Waals surface area contributed by atoms with Crippen molar-refractivity contribution in [3.63, 3.8) is 0 Å². The van der Waals surface area contributed by atoms with E-state index in [1.807, 2.05) is 0 Å². The number of ether oxygens (including phenoxy) is 2. The summed E-state index contributed by atoms with van der Waals surface area (Å²) >= 11 is 1.26. The zero-order valence-electron chi connectivity index (χ0n) is 12.8. The first kappa shape index (κ1) is 17.3. The first-order valence-electron chi connectivity index (χ1n) is 6.62. The van der Waals surface area contributed by atoms with Crippen molar-refractivity contribution < 1.29 is 24.0 Å². The Morgan fingerprint density at radius 1 is 1.42 bits per heavy atom. The minimum atomic E-state index is -0.707. The minimum Gasteiger partial charge on any atom is -0.477 e. The van der Waals surface area contributed by atoms with E-state index in [1.165, 1.54) is 30.6 Å². The van der Waals surface area contributed by atoms with Gasteiger partial charge in [-0.15, -0.1) is 11.3 Å². The molecule has 0 saturated carbocycles. The predicted octanol–water partition coefficient (Wildman–Crippen LogP) is 2.16. The van der Waals surface area contributed by atoms with Crippen LogP contribution >= 0.6 is 11.3 Å². The van der Waals surface area contributed by atoms with Gasteiger partial charge in [0.1, 0.15) is 0 Å². The maximum absolute atomic E-state index is 11.8. The van der Waals surface area contributed by atoms with Crippen LogP contribution in [0.2, 0.25) is 0 Å². The number of anilines is 1. The standard InChI is InChI=1S/C14H13N3O6S/c1-8-7-24-14(15-8)16-12(18)6-23-11-4-3-9(13(19)22-2)5-10(11)17(20)21/h3-5,7H,6H2,1-2H3,(H,15,16,18). The predicted molar refractivity (Wildman–Crippen MR) is 85.4 cm³/mol. The summed E-state index contributed by atoms with van der Waals surface area (Å²) in [5.74, 6) is -1.34. The fourth-order valence-electron chi connectivity index (χ4n) is 1.74. The van der Waals surface area contributed by atoms with Gasteiger partial charge in [-0.25, -0.2) is 9.78 Å². The van der Waals surface area contributed by atoms with Gasteiger partial charge < -0.3 is 9.47 Å². The molecule has 1 aromatic carbocycles. The Balaban J connectivity index is 2.07. The molecule has 10 heteroatoms. The lowest BCUT2D eigenvalue weighted by molar-refractivity contribution is -0.385. The van der Waals surface area contributed by atoms with Gasteiger partial charge in [0.15, 0.2) is 17.5 Å². The van der Waals surface area contributed by atoms with Gasteiger partial charge in [-0.05, 0) is 19.1 Å². The first-order chi connectivity index (χ1) is 11.4. The highest BCUT2D eigenvalue weighted by atomic mass is 32.1. The molecule has 0 bridgehead atoms. The number of carbonyl (C=O) groups excluding carboxylic acids is 2. The molecule has 0 aliphatic heterocycles. The van der Waals surface area contributed by atoms with Crippen molar-refractivity contribution >= 4 is 34.0 Å². The topological polar surface area (TPSA) is 121 Å². The zero-order chi connectivity index (χ0) is 17.7. The number of benzene rings is 1. The average Bonchev–Trinajstić information content (AvgIpc) is 2.96. The molecule has 1 aromatic heterocycles. The Morgan fingerprint density at radius 3 is 2.75 bits per heavy atom. The van der Waals surface area contributed by atoms with Gasteiger partial charge in [-0.3, -0.25) is 20.2 Å². The van der Waals surface area contributed by atoms with Crippen molar-refractivity contribution in [1.29, 1.82) is 0 Å². The second kappa shape index (κ2) is 7.51. The lowest BCUT2D eigenvalue weighted by Gasteiger charge is -2.07. The smallest absolute Gasteiger partial charge is 0.338 e. The molecule has 0 radical (unpaired) electrons. The molecule has 2 aromatic rings. The highest BCUT2D eigenvalue weighted by molar-refractivity contribution is 7.13. The summed E-state index contributed by atoms with van der Waals surface area (Å²) in [6.07, 6.45) is 0. The van der Waals surface area contributed by atoms with Crippen molar-refractivity contribution in [2.45, 2.75) is 6.92 Å². The van der Waals surface area contributed by atoms with Gasteiger partial charge in [0, 0.05) is 11.4 Å². The number of amides is 1. The van der Waals surface area contributed by atoms with Gasteiger partial charge in [0.25, 0.3) is 5.91 Å². The third kappa shape index (κ3) is 4.26. The number of nitro groups is 1. The van der Waals surface area contributed by atoms with E-state index in [4.69, 9.17) is 4.74 Å². The van der Waals surface area contributed by atoms with Crippen LogP contribution in [-0.2, 0) is 9.53 Å². The van der Waals surface area contributed by atoms with Gasteiger partial charge in [0.2, 0.25) is 0 Å². The van der Waals surface area contributed by atoms with Crippen LogP contribution in [0.1, 0.15) is 16.1 Å². The van der Waals surface area contributed by atoms with Crippen LogP contribution < -0.4 is 10.1 Å². The van der Waals surface area contributed by atoms with Crippen LogP contribution in [0, 0.1) is 17.0 Å². The van der Waals surface area contributed by atoms with E-state index in [2.05, 4.69) is 15.0 Å². The maximum Gasteiger partial charge on any atom is 0.338 e. The summed E-state index contributed by atoms with van der Waals surface area (Å²) in [6, 6.07) is 3.59. The largest absolute Gasteiger partial charge is 0.477 e. The monoisotopic (exact) mass is 351 g/mol. The Bertz CT molecular complexity index is 789. The number of methoxy groups -OCH3 is 1. The summed E-state index contributed by atoms with van der Waals surface area (Å²) in [5.41, 5.74) is 0.348. The fraction of sp³-hybridized carbons (Fsp3) is 0.214. The van der Waals surface area contributed by atoms with E-state index in [0.29, 0.717) is 5.13 Å². The Morgan fingerprint density at radius 2 is 2.17 bits per heavy atom. The number of esters is 1. The van der Waals surface area contributed by atoms with Crippen LogP contribution in [0.5, 0.6) is 5.75 Å². The molecule has 0 atom stereocenters. The molecular weight excluding hydrogens is 338 g/mol. The molecular formula is C14H13N3O6S. The number of aromatic nitrogens is 1. The van der Waals surface area contributed by atoms with Crippen LogP contribution in [0.15, 0.2) is 23.6 Å². The van der Waals surface area contributed by atoms with Crippen LogP contribution in [0.3, 0.4) is 0 Å². The van der Waals surface area contributed by atoms with E-state index in [-0.39, 0.29) is 11.3 Å². The lowest BCUT2D eigenvalue weighted by atomic mass is 10.2. The number of hydrogen-bond donors (Lipinski definition) is 1. The third-order valence-corrected chi connectivity index (χ3v) is 3.68. The number of nitro benzene ring substituents is 1. The first-order valence-corrected chi connectivity index (χ1v) is 7.50. The van der Waals surface area contributed by atoms with E-state index >= 15 is 0 Å². The molecule has 9 nitrogen and oxygen atoms in total. The molecule has 1 amide bonds. The maximum atomic E-state index is 11.8. The van der Waals surface area contributed by atoms with Gasteiger partial charge in [-0.1, -0.05) is 0 Å². The van der Waals surface area contributed by atoms with Crippen LogP contribution in [0.25, 0.3) is 0 Å². The fourth-order valence-corrected chi connectivity index (χ4v) is 2.44. The quantitative estimate of drug-likeness (QED) is 0.481. The molecule has 0 saturated heterocycles. The van der Waals surface area contributed by atoms with Crippen molar-refractivity contribution in [1.82, 2.24) is 4.98 Å². The summed E-state index contributed by atoms with van der Waals surface area (Å²) in [7, 11) is 1.17. The molecule has 1 N–H and O–H groups in total. The van der Waals surface area contributed by atoms with Crippen LogP contribution in [-0.4, -0.2) is 35.5 Å². The zero-order valence-corrected chi connectivity index (χ0v) is 13.6. The average molecular weight is 351 g/mol. The minimum absolute atomic E-state index is 0.0132. The van der Waals surface area contributed by atoms with Crippen molar-refractivity contribution in [2.24, 2.45) is 0 Å². The SMILES string of the molecule is COC(=O)c1ccc(OCC(=O)Nc2nc(C)cs2)c([N+](=O)[O-])c1. The summed E-state index contributed by atoms with van der Waals surface area (Å²) in [6.45, 7) is 1.35. The second-order valence-corrected chi connectivity index (χ2v) is 5.42. The van der Waals surface area contributed by atoms with Gasteiger partial charge >= 0.3 is 11.7 Å². The van der Waals surface area contributed by atoms with Crippen molar-refractivity contribution in [3.05, 3.63) is 45.0 Å².